The van der Waals surface area contributed by atoms with Gasteiger partial charge in [-0.25, -0.2) is 0 Å². The molecule has 132 valence electrons. The van der Waals surface area contributed by atoms with E-state index in [1.54, 1.807) is 18.2 Å². The van der Waals surface area contributed by atoms with Crippen molar-refractivity contribution in [2.45, 2.75) is 6.10 Å². The van der Waals surface area contributed by atoms with Crippen molar-refractivity contribution in [2.75, 3.05) is 11.9 Å². The molecule has 11 nitrogen and oxygen atoms in total. The van der Waals surface area contributed by atoms with Crippen LogP contribution in [0.4, 0.5) is 11.9 Å². The van der Waals surface area contributed by atoms with E-state index in [1.165, 1.54) is 6.07 Å². The molecule has 3 aromatic rings. The molecule has 0 spiro atoms. The molecule has 1 amide bonds. The summed E-state index contributed by atoms with van der Waals surface area (Å²) in [6, 6.07) is 9.16. The van der Waals surface area contributed by atoms with Crippen LogP contribution in [0.2, 0.25) is 0 Å². The van der Waals surface area contributed by atoms with E-state index in [9.17, 15) is 14.9 Å². The Labute approximate surface area is 144 Å². The number of aromatic nitrogens is 2. The number of carbonyl (C=O) groups is 1. The average molecular weight is 358 g/mol. The van der Waals surface area contributed by atoms with Crippen LogP contribution < -0.4 is 14.8 Å². The number of anilines is 1. The summed E-state index contributed by atoms with van der Waals surface area (Å²) in [6.45, 7) is 0.164. The summed E-state index contributed by atoms with van der Waals surface area (Å²) < 4.78 is 21.4. The number of nitro groups is 1. The van der Waals surface area contributed by atoms with Crippen molar-refractivity contribution in [3.05, 3.63) is 58.2 Å². The van der Waals surface area contributed by atoms with Crippen LogP contribution in [-0.2, 0) is 0 Å². The Morgan fingerprint density at radius 2 is 1.96 bits per heavy atom. The molecule has 0 bridgehead atoms. The molecular weight excluding hydrogens is 348 g/mol. The molecule has 2 aromatic heterocycles. The number of hydrogen-bond acceptors (Lipinski definition) is 9. The lowest BCUT2D eigenvalue weighted by Crippen LogP contribution is -2.21. The second kappa shape index (κ2) is 6.20. The third-order valence-corrected chi connectivity index (χ3v) is 3.44. The third-order valence-electron chi connectivity index (χ3n) is 3.44. The summed E-state index contributed by atoms with van der Waals surface area (Å²) in [4.78, 5) is 21.8. The van der Waals surface area contributed by atoms with Gasteiger partial charge in [0.2, 0.25) is 6.10 Å². The minimum absolute atomic E-state index is 0.111. The second-order valence-electron chi connectivity index (χ2n) is 5.16. The van der Waals surface area contributed by atoms with Gasteiger partial charge in [-0.3, -0.25) is 20.2 Å². The predicted octanol–water partition coefficient (Wildman–Crippen LogP) is 2.34. The normalized spacial score (nSPS) is 15.5. The molecule has 1 unspecified atom stereocenters. The molecule has 0 saturated heterocycles. The van der Waals surface area contributed by atoms with Crippen LogP contribution in [0.1, 0.15) is 22.5 Å². The molecule has 1 atom stereocenters. The number of furan rings is 1. The molecular formula is C15H10N4O7. The summed E-state index contributed by atoms with van der Waals surface area (Å²) in [6.07, 6.45) is -0.632. The fraction of sp³-hybridized carbons (Fsp3) is 0.133. The van der Waals surface area contributed by atoms with Gasteiger partial charge in [0.05, 0.1) is 6.07 Å². The number of amides is 1. The Bertz CT molecular complexity index is 980. The van der Waals surface area contributed by atoms with Crippen LogP contribution in [0.15, 0.2) is 45.2 Å². The molecule has 1 N–H and O–H groups in total. The highest BCUT2D eigenvalue weighted by atomic mass is 16.6. The fourth-order valence-corrected chi connectivity index (χ4v) is 2.26. The number of benzene rings is 1. The molecule has 26 heavy (non-hydrogen) atoms. The van der Waals surface area contributed by atoms with Crippen LogP contribution in [0, 0.1) is 10.1 Å². The molecule has 0 saturated carbocycles. The Morgan fingerprint density at radius 1 is 1.15 bits per heavy atom. The van der Waals surface area contributed by atoms with Crippen LogP contribution in [0.5, 0.6) is 11.5 Å². The van der Waals surface area contributed by atoms with Crippen molar-refractivity contribution in [3.8, 4) is 11.5 Å². The summed E-state index contributed by atoms with van der Waals surface area (Å²) in [5.41, 5.74) is 0. The van der Waals surface area contributed by atoms with E-state index in [-0.39, 0.29) is 24.3 Å². The monoisotopic (exact) mass is 358 g/mol. The van der Waals surface area contributed by atoms with E-state index >= 15 is 0 Å². The maximum absolute atomic E-state index is 12.0. The number of nitrogens with one attached hydrogen (secondary N) is 1. The second-order valence-corrected chi connectivity index (χ2v) is 5.16. The highest BCUT2D eigenvalue weighted by Crippen LogP contribution is 2.35. The van der Waals surface area contributed by atoms with E-state index in [0.717, 1.165) is 6.07 Å². The Kier molecular flexibility index (Phi) is 3.73. The SMILES string of the molecule is O=C(Nc1nnc(C2COc3ccccc3O2)o1)c1ccc([N+](=O)[O-])o1. The zero-order chi connectivity index (χ0) is 18.1. The minimum atomic E-state index is -0.764. The van der Waals surface area contributed by atoms with Gasteiger partial charge in [0, 0.05) is 0 Å². The number of nitrogens with zero attached hydrogens (tertiary/aromatic N) is 3. The minimum Gasteiger partial charge on any atom is -0.485 e. The molecule has 0 fully saturated rings. The first-order valence-corrected chi connectivity index (χ1v) is 7.37. The van der Waals surface area contributed by atoms with E-state index in [4.69, 9.17) is 18.3 Å². The van der Waals surface area contributed by atoms with E-state index in [1.807, 2.05) is 6.07 Å². The number of fused-ring (bicyclic) bond motifs is 1. The summed E-state index contributed by atoms with van der Waals surface area (Å²) in [5, 5.41) is 20.4. The largest absolute Gasteiger partial charge is 0.485 e. The zero-order valence-electron chi connectivity index (χ0n) is 12.9. The van der Waals surface area contributed by atoms with Crippen LogP contribution in [0.3, 0.4) is 0 Å². The van der Waals surface area contributed by atoms with Crippen molar-refractivity contribution in [2.24, 2.45) is 0 Å². The van der Waals surface area contributed by atoms with Gasteiger partial charge in [-0.2, -0.15) is 0 Å². The number of carbonyl (C=O) groups excluding carboxylic acids is 1. The lowest BCUT2D eigenvalue weighted by atomic mass is 10.2. The van der Waals surface area contributed by atoms with Gasteiger partial charge < -0.3 is 18.3 Å². The highest BCUT2D eigenvalue weighted by molar-refractivity contribution is 6.01. The molecule has 1 aliphatic heterocycles. The topological polar surface area (TPSA) is 143 Å². The molecule has 0 radical (unpaired) electrons. The highest BCUT2D eigenvalue weighted by Gasteiger charge is 2.28. The lowest BCUT2D eigenvalue weighted by Gasteiger charge is -2.23. The van der Waals surface area contributed by atoms with E-state index in [0.29, 0.717) is 11.5 Å². The third kappa shape index (κ3) is 2.92. The number of hydrogen-bond donors (Lipinski definition) is 1. The summed E-state index contributed by atoms with van der Waals surface area (Å²) >= 11 is 0. The predicted molar refractivity (Wildman–Crippen MR) is 82.9 cm³/mol. The quantitative estimate of drug-likeness (QED) is 0.549. The van der Waals surface area contributed by atoms with Gasteiger partial charge in [-0.05, 0) is 18.2 Å². The number of para-hydroxylation sites is 2. The maximum Gasteiger partial charge on any atom is 0.433 e. The number of rotatable bonds is 4. The fourth-order valence-electron chi connectivity index (χ4n) is 2.26. The average Bonchev–Trinajstić information content (AvgIpc) is 3.31. The van der Waals surface area contributed by atoms with E-state index in [2.05, 4.69) is 15.5 Å². The van der Waals surface area contributed by atoms with Crippen molar-refractivity contribution >= 4 is 17.8 Å². The molecule has 1 aromatic carbocycles. The van der Waals surface area contributed by atoms with Gasteiger partial charge in [-0.1, -0.05) is 17.2 Å². The summed E-state index contributed by atoms with van der Waals surface area (Å²) in [7, 11) is 0. The molecule has 1 aliphatic rings. The van der Waals surface area contributed by atoms with Crippen molar-refractivity contribution in [3.63, 3.8) is 0 Å². The molecule has 11 heteroatoms. The van der Waals surface area contributed by atoms with Crippen molar-refractivity contribution in [1.29, 1.82) is 0 Å². The van der Waals surface area contributed by atoms with Crippen LogP contribution in [-0.4, -0.2) is 27.6 Å². The van der Waals surface area contributed by atoms with Gasteiger partial charge in [0.25, 0.3) is 11.8 Å². The number of ether oxygens (including phenoxy) is 2. The first-order chi connectivity index (χ1) is 12.6. The van der Waals surface area contributed by atoms with E-state index < -0.39 is 22.8 Å². The molecule has 3 heterocycles. The van der Waals surface area contributed by atoms with Gasteiger partial charge in [0.1, 0.15) is 11.5 Å². The van der Waals surface area contributed by atoms with Crippen molar-refractivity contribution in [1.82, 2.24) is 10.2 Å². The standard InChI is InChI=1S/C15H10N4O7/c20-13(10-5-6-12(25-10)19(21)22)16-15-18-17-14(26-15)11-7-23-8-3-1-2-4-9(8)24-11/h1-6,11H,7H2,(H,16,18,20). The maximum atomic E-state index is 12.0. The molecule has 4 rings (SSSR count). The Morgan fingerprint density at radius 3 is 2.73 bits per heavy atom. The smallest absolute Gasteiger partial charge is 0.433 e. The van der Waals surface area contributed by atoms with Gasteiger partial charge >= 0.3 is 11.9 Å². The van der Waals surface area contributed by atoms with Crippen LogP contribution in [0.25, 0.3) is 0 Å². The first-order valence-electron chi connectivity index (χ1n) is 7.37. The lowest BCUT2D eigenvalue weighted by molar-refractivity contribution is -0.402. The van der Waals surface area contributed by atoms with Gasteiger partial charge in [0.15, 0.2) is 17.3 Å². The molecule has 0 aliphatic carbocycles. The zero-order valence-corrected chi connectivity index (χ0v) is 12.9. The Balaban J connectivity index is 1.45. The Hall–Kier alpha value is -3.89. The van der Waals surface area contributed by atoms with Crippen molar-refractivity contribution < 1.29 is 28.0 Å². The first kappa shape index (κ1) is 15.6. The van der Waals surface area contributed by atoms with Gasteiger partial charge in [-0.15, -0.1) is 5.10 Å². The summed E-state index contributed by atoms with van der Waals surface area (Å²) in [5.74, 6) is -0.318. The van der Waals surface area contributed by atoms with Crippen LogP contribution >= 0.6 is 0 Å².